The second-order valence-corrected chi connectivity index (χ2v) is 17.8. The van der Waals surface area contributed by atoms with Gasteiger partial charge in [0, 0.05) is 33.3 Å². The molecule has 0 spiro atoms. The second kappa shape index (κ2) is 13.9. The van der Waals surface area contributed by atoms with E-state index < -0.39 is 0 Å². The Morgan fingerprint density at radius 1 is 0.500 bits per heavy atom. The highest BCUT2D eigenvalue weighted by molar-refractivity contribution is 5.71. The molecule has 0 unspecified atom stereocenters. The molecule has 2 heterocycles. The maximum atomic E-state index is 4.13. The van der Waals surface area contributed by atoms with Gasteiger partial charge in [0.2, 0.25) is 0 Å². The summed E-state index contributed by atoms with van der Waals surface area (Å²) in [6, 6.07) is 14.0. The minimum Gasteiger partial charge on any atom is -0.331 e. The van der Waals surface area contributed by atoms with E-state index in [0.717, 1.165) is 38.5 Å². The van der Waals surface area contributed by atoms with Crippen LogP contribution in [0.5, 0.6) is 0 Å². The summed E-state index contributed by atoms with van der Waals surface area (Å²) in [6.07, 6.45) is 6.62. The molecule has 2 saturated heterocycles. The molecule has 2 nitrogen and oxygen atoms in total. The molecule has 2 aromatic rings. The lowest BCUT2D eigenvalue weighted by Crippen LogP contribution is -2.39. The van der Waals surface area contributed by atoms with Gasteiger partial charge in [-0.05, 0) is 124 Å². The van der Waals surface area contributed by atoms with E-state index in [1.807, 2.05) is 0 Å². The highest BCUT2D eigenvalue weighted by Gasteiger charge is 2.54. The molecule has 0 bridgehead atoms. The third-order valence-corrected chi connectivity index (χ3v) is 12.3. The van der Waals surface area contributed by atoms with Crippen LogP contribution in [-0.2, 0) is 0 Å². The predicted molar refractivity (Wildman–Crippen MR) is 212 cm³/mol. The van der Waals surface area contributed by atoms with Crippen LogP contribution in [0.1, 0.15) is 195 Å². The van der Waals surface area contributed by atoms with Crippen molar-refractivity contribution in [3.05, 3.63) is 81.5 Å². The number of allylic oxidation sites excluding steroid dienone is 2. The molecule has 264 valence electrons. The fourth-order valence-corrected chi connectivity index (χ4v) is 9.60. The van der Waals surface area contributed by atoms with Gasteiger partial charge in [-0.15, -0.1) is 0 Å². The maximum absolute atomic E-state index is 4.13. The van der Waals surface area contributed by atoms with Crippen molar-refractivity contribution in [1.29, 1.82) is 0 Å². The van der Waals surface area contributed by atoms with E-state index >= 15 is 0 Å². The fraction of sp³-hybridized carbons (Fsp3) is 0.652. The smallest absolute Gasteiger partial charge is 0.0761 e. The normalized spacial score (nSPS) is 19.7. The Kier molecular flexibility index (Phi) is 11.1. The minimum absolute atomic E-state index is 0.0361. The van der Waals surface area contributed by atoms with Crippen molar-refractivity contribution < 1.29 is 0 Å². The lowest BCUT2D eigenvalue weighted by Gasteiger charge is -2.39. The predicted octanol–water partition coefficient (Wildman–Crippen LogP) is 14.0. The average Bonchev–Trinajstić information content (AvgIpc) is 3.40. The first kappa shape index (κ1) is 38.1. The number of para-hydroxylation sites is 2. The number of rotatable bonds is 10. The van der Waals surface area contributed by atoms with Crippen molar-refractivity contribution in [2.24, 2.45) is 10.8 Å². The van der Waals surface area contributed by atoms with Crippen LogP contribution in [0.3, 0.4) is 0 Å². The molecule has 0 atom stereocenters. The Morgan fingerprint density at radius 3 is 0.958 bits per heavy atom. The van der Waals surface area contributed by atoms with Crippen LogP contribution in [0.25, 0.3) is 0 Å². The van der Waals surface area contributed by atoms with Crippen LogP contribution in [0, 0.1) is 10.8 Å². The molecule has 2 aliphatic rings. The molecular weight excluding hydrogens is 581 g/mol. The van der Waals surface area contributed by atoms with Crippen molar-refractivity contribution in [1.82, 2.24) is 0 Å². The molecule has 0 radical (unpaired) electrons. The average molecular weight is 651 g/mol. The minimum atomic E-state index is -0.0500. The Hall–Kier alpha value is -2.66. The van der Waals surface area contributed by atoms with Gasteiger partial charge in [-0.3, -0.25) is 0 Å². The van der Waals surface area contributed by atoms with Crippen LogP contribution in [0.2, 0.25) is 0 Å². The molecule has 0 aromatic heterocycles. The van der Waals surface area contributed by atoms with Crippen LogP contribution in [0.15, 0.2) is 59.3 Å². The molecular formula is C46H70N2. The third kappa shape index (κ3) is 6.38. The van der Waals surface area contributed by atoms with Crippen LogP contribution in [-0.4, -0.2) is 11.1 Å². The van der Waals surface area contributed by atoms with Crippen molar-refractivity contribution >= 4 is 11.4 Å². The zero-order valence-corrected chi connectivity index (χ0v) is 33.9. The van der Waals surface area contributed by atoms with E-state index in [1.54, 1.807) is 0 Å². The molecule has 0 amide bonds. The lowest BCUT2D eigenvalue weighted by atomic mass is 9.75. The SMILES string of the molecule is CCC1(CC)CC(C)(C)N(c2c(C(C)C)cccc2C(C)C)C1=C=C=C1N(c2c(C(C)C)cccc2C(C)C)C(C)(C)CC1(CC)CC. The van der Waals surface area contributed by atoms with Crippen LogP contribution < -0.4 is 9.80 Å². The summed E-state index contributed by atoms with van der Waals surface area (Å²) in [5, 5.41) is 0. The van der Waals surface area contributed by atoms with E-state index in [9.17, 15) is 0 Å². The number of hydrogen-bond acceptors (Lipinski definition) is 2. The quantitative estimate of drug-likeness (QED) is 0.236. The van der Waals surface area contributed by atoms with Gasteiger partial charge in [0.15, 0.2) is 0 Å². The molecule has 4 rings (SSSR count). The van der Waals surface area contributed by atoms with Crippen molar-refractivity contribution in [2.75, 3.05) is 9.80 Å². The topological polar surface area (TPSA) is 6.48 Å². The fourth-order valence-electron chi connectivity index (χ4n) is 9.60. The van der Waals surface area contributed by atoms with E-state index in [1.165, 1.54) is 45.0 Å². The number of anilines is 2. The van der Waals surface area contributed by atoms with Crippen LogP contribution in [0.4, 0.5) is 11.4 Å². The largest absolute Gasteiger partial charge is 0.331 e. The lowest BCUT2D eigenvalue weighted by molar-refractivity contribution is 0.302. The van der Waals surface area contributed by atoms with E-state index in [0.29, 0.717) is 23.7 Å². The second-order valence-electron chi connectivity index (χ2n) is 17.8. The molecule has 2 aromatic carbocycles. The van der Waals surface area contributed by atoms with Gasteiger partial charge in [0.1, 0.15) is 0 Å². The summed E-state index contributed by atoms with van der Waals surface area (Å²) in [5.41, 5.74) is 19.5. The summed E-state index contributed by atoms with van der Waals surface area (Å²) in [5.74, 6) is 1.71. The Bertz CT molecular complexity index is 1390. The highest BCUT2D eigenvalue weighted by Crippen LogP contribution is 2.59. The number of hydrogen-bond donors (Lipinski definition) is 0. The van der Waals surface area contributed by atoms with Crippen molar-refractivity contribution in [2.45, 2.75) is 184 Å². The monoisotopic (exact) mass is 651 g/mol. The number of benzene rings is 2. The molecule has 0 saturated carbocycles. The zero-order valence-electron chi connectivity index (χ0n) is 33.9. The standard InChI is InChI=1S/C46H70N2/c1-17-45(18-2)29-43(13,14)47(41-35(31(5)6)23-21-24-36(41)32(7)8)39(45)27-28-40-46(19-3,20-4)30-44(15,16)48(40)42-37(33(9)10)25-22-26-38(42)34(11)12/h21-26,31-34H,17-20,29-30H2,1-16H3. The van der Waals surface area contributed by atoms with Gasteiger partial charge in [-0.25, -0.2) is 0 Å². The highest BCUT2D eigenvalue weighted by atomic mass is 15.3. The molecule has 2 heteroatoms. The summed E-state index contributed by atoms with van der Waals surface area (Å²) in [4.78, 5) is 5.48. The van der Waals surface area contributed by atoms with E-state index in [4.69, 9.17) is 0 Å². The summed E-state index contributed by atoms with van der Waals surface area (Å²) in [7, 11) is 0. The summed E-state index contributed by atoms with van der Waals surface area (Å²) < 4.78 is 0. The van der Waals surface area contributed by atoms with Gasteiger partial charge < -0.3 is 9.80 Å². The molecule has 2 aliphatic heterocycles. The van der Waals surface area contributed by atoms with Gasteiger partial charge in [-0.2, -0.15) is 0 Å². The van der Waals surface area contributed by atoms with Crippen molar-refractivity contribution in [3.63, 3.8) is 0 Å². The zero-order chi connectivity index (χ0) is 36.0. The molecule has 48 heavy (non-hydrogen) atoms. The van der Waals surface area contributed by atoms with Gasteiger partial charge in [0.25, 0.3) is 0 Å². The summed E-state index contributed by atoms with van der Waals surface area (Å²) >= 11 is 0. The Morgan fingerprint density at radius 2 is 0.750 bits per heavy atom. The molecule has 2 fully saturated rings. The first-order valence-corrected chi connectivity index (χ1v) is 19.5. The Balaban J connectivity index is 2.25. The molecule has 0 N–H and O–H groups in total. The maximum Gasteiger partial charge on any atom is 0.0761 e. The summed E-state index contributed by atoms with van der Waals surface area (Å²) in [6.45, 7) is 38.3. The van der Waals surface area contributed by atoms with Gasteiger partial charge >= 0.3 is 0 Å². The first-order valence-electron chi connectivity index (χ1n) is 19.5. The Labute approximate surface area is 296 Å². The van der Waals surface area contributed by atoms with E-state index in [2.05, 4.69) is 168 Å². The van der Waals surface area contributed by atoms with Gasteiger partial charge in [0.05, 0.1) is 11.4 Å². The molecule has 0 aliphatic carbocycles. The third-order valence-electron chi connectivity index (χ3n) is 12.3. The van der Waals surface area contributed by atoms with Gasteiger partial charge in [-0.1, -0.05) is 119 Å². The number of nitrogens with zero attached hydrogens (tertiary/aromatic N) is 2. The van der Waals surface area contributed by atoms with E-state index in [-0.39, 0.29) is 21.9 Å². The van der Waals surface area contributed by atoms with Crippen molar-refractivity contribution in [3.8, 4) is 0 Å². The van der Waals surface area contributed by atoms with Crippen LogP contribution >= 0.6 is 0 Å². The first-order chi connectivity index (χ1) is 22.4.